The zero-order valence-corrected chi connectivity index (χ0v) is 14.5. The number of anilines is 1. The number of methoxy groups -OCH3 is 1. The van der Waals surface area contributed by atoms with Gasteiger partial charge in [0.15, 0.2) is 0 Å². The summed E-state index contributed by atoms with van der Waals surface area (Å²) in [6, 6.07) is 13.2. The molecule has 0 saturated heterocycles. The molecule has 1 N–H and O–H groups in total. The van der Waals surface area contributed by atoms with Crippen LogP contribution in [0.5, 0.6) is 5.75 Å². The van der Waals surface area contributed by atoms with Crippen LogP contribution in [0.25, 0.3) is 0 Å². The third-order valence-electron chi connectivity index (χ3n) is 4.44. The molecule has 1 aliphatic heterocycles. The van der Waals surface area contributed by atoms with Crippen molar-refractivity contribution < 1.29 is 14.3 Å². The second-order valence-corrected chi connectivity index (χ2v) is 6.03. The van der Waals surface area contributed by atoms with Gasteiger partial charge in [-0.2, -0.15) is 0 Å². The lowest BCUT2D eigenvalue weighted by molar-refractivity contribution is -0.120. The van der Waals surface area contributed by atoms with Crippen LogP contribution in [-0.4, -0.2) is 25.5 Å². The fourth-order valence-electron chi connectivity index (χ4n) is 2.96. The van der Waals surface area contributed by atoms with Gasteiger partial charge >= 0.3 is 0 Å². The van der Waals surface area contributed by atoms with Crippen LogP contribution in [0.3, 0.4) is 0 Å². The first kappa shape index (κ1) is 17.0. The molecule has 0 saturated carbocycles. The van der Waals surface area contributed by atoms with Gasteiger partial charge in [0.25, 0.3) is 5.91 Å². The van der Waals surface area contributed by atoms with E-state index >= 15 is 0 Å². The minimum Gasteiger partial charge on any atom is -0.497 e. The lowest BCUT2D eigenvalue weighted by Gasteiger charge is -2.18. The molecule has 130 valence electrons. The highest BCUT2D eigenvalue weighted by molar-refractivity contribution is 6.07. The molecule has 2 amide bonds. The average molecular weight is 338 g/mol. The zero-order chi connectivity index (χ0) is 17.8. The van der Waals surface area contributed by atoms with E-state index in [0.717, 1.165) is 29.0 Å². The molecule has 3 rings (SSSR count). The predicted octanol–water partition coefficient (Wildman–Crippen LogP) is 2.92. The Balaban J connectivity index is 1.79. The quantitative estimate of drug-likeness (QED) is 0.912. The first-order chi connectivity index (χ1) is 12.1. The first-order valence-electron chi connectivity index (χ1n) is 8.46. The fourth-order valence-corrected chi connectivity index (χ4v) is 2.96. The predicted molar refractivity (Wildman–Crippen MR) is 97.0 cm³/mol. The van der Waals surface area contributed by atoms with Crippen LogP contribution in [0, 0.1) is 0 Å². The number of nitrogens with zero attached hydrogens (tertiary/aromatic N) is 1. The zero-order valence-electron chi connectivity index (χ0n) is 14.5. The molecular formula is C20H22N2O3. The Kier molecular flexibility index (Phi) is 5.03. The number of carbonyl (C=O) groups is 2. The highest BCUT2D eigenvalue weighted by Crippen LogP contribution is 2.30. The number of fused-ring (bicyclic) bond motifs is 1. The minimum absolute atomic E-state index is 0.0175. The van der Waals surface area contributed by atoms with Gasteiger partial charge in [0.2, 0.25) is 5.91 Å². The van der Waals surface area contributed by atoms with Crippen molar-refractivity contribution in [1.29, 1.82) is 0 Å². The highest BCUT2D eigenvalue weighted by Gasteiger charge is 2.25. The van der Waals surface area contributed by atoms with Gasteiger partial charge in [0.05, 0.1) is 7.11 Å². The van der Waals surface area contributed by atoms with Crippen molar-refractivity contribution in [2.75, 3.05) is 18.6 Å². The van der Waals surface area contributed by atoms with Crippen LogP contribution < -0.4 is 15.0 Å². The molecule has 0 radical (unpaired) electrons. The van der Waals surface area contributed by atoms with Crippen LogP contribution in [0.1, 0.15) is 34.8 Å². The Bertz CT molecular complexity index is 784. The molecule has 5 nitrogen and oxygen atoms in total. The van der Waals surface area contributed by atoms with Crippen molar-refractivity contribution in [3.8, 4) is 5.75 Å². The van der Waals surface area contributed by atoms with Gasteiger partial charge in [-0.05, 0) is 47.9 Å². The normalized spacial score (nSPS) is 12.6. The summed E-state index contributed by atoms with van der Waals surface area (Å²) >= 11 is 0. The second-order valence-electron chi connectivity index (χ2n) is 6.03. The van der Waals surface area contributed by atoms with E-state index in [1.807, 2.05) is 30.0 Å². The summed E-state index contributed by atoms with van der Waals surface area (Å²) in [6.07, 6.45) is 1.31. The number of ether oxygens (including phenoxy) is 1. The topological polar surface area (TPSA) is 58.6 Å². The van der Waals surface area contributed by atoms with Crippen molar-refractivity contribution in [3.63, 3.8) is 0 Å². The Morgan fingerprint density at radius 3 is 2.60 bits per heavy atom. The van der Waals surface area contributed by atoms with Gasteiger partial charge in [0, 0.05) is 30.8 Å². The molecule has 0 unspecified atom stereocenters. The van der Waals surface area contributed by atoms with Gasteiger partial charge < -0.3 is 15.0 Å². The molecule has 2 aromatic carbocycles. The SMILES string of the molecule is CCC(=O)NCc1ccc2c(c1)N(C(=O)c1ccc(OC)cc1)CC2. The third-order valence-corrected chi connectivity index (χ3v) is 4.44. The van der Waals surface area contributed by atoms with E-state index in [9.17, 15) is 9.59 Å². The molecule has 0 aromatic heterocycles. The Morgan fingerprint density at radius 2 is 1.92 bits per heavy atom. The largest absolute Gasteiger partial charge is 0.497 e. The lowest BCUT2D eigenvalue weighted by atomic mass is 10.1. The van der Waals surface area contributed by atoms with E-state index in [0.29, 0.717) is 25.1 Å². The molecular weight excluding hydrogens is 316 g/mol. The van der Waals surface area contributed by atoms with Gasteiger partial charge in [-0.25, -0.2) is 0 Å². The van der Waals surface area contributed by atoms with E-state index in [1.54, 1.807) is 31.4 Å². The lowest BCUT2D eigenvalue weighted by Crippen LogP contribution is -2.29. The summed E-state index contributed by atoms with van der Waals surface area (Å²) in [7, 11) is 1.60. The molecule has 0 bridgehead atoms. The van der Waals surface area contributed by atoms with Crippen molar-refractivity contribution in [2.45, 2.75) is 26.3 Å². The van der Waals surface area contributed by atoms with Crippen molar-refractivity contribution in [3.05, 3.63) is 59.2 Å². The molecule has 1 heterocycles. The molecule has 1 aliphatic rings. The molecule has 0 spiro atoms. The maximum absolute atomic E-state index is 12.8. The molecule has 0 fully saturated rings. The Hall–Kier alpha value is -2.82. The van der Waals surface area contributed by atoms with Crippen LogP contribution in [0.2, 0.25) is 0 Å². The molecule has 2 aromatic rings. The highest BCUT2D eigenvalue weighted by atomic mass is 16.5. The summed E-state index contributed by atoms with van der Waals surface area (Å²) in [5, 5.41) is 2.87. The van der Waals surface area contributed by atoms with Crippen molar-refractivity contribution >= 4 is 17.5 Å². The van der Waals surface area contributed by atoms with Gasteiger partial charge in [-0.3, -0.25) is 9.59 Å². The number of benzene rings is 2. The molecule has 5 heteroatoms. The smallest absolute Gasteiger partial charge is 0.258 e. The van der Waals surface area contributed by atoms with Crippen molar-refractivity contribution in [2.24, 2.45) is 0 Å². The fraction of sp³-hybridized carbons (Fsp3) is 0.300. The van der Waals surface area contributed by atoms with Crippen LogP contribution in [-0.2, 0) is 17.8 Å². The minimum atomic E-state index is -0.0175. The van der Waals surface area contributed by atoms with Crippen LogP contribution >= 0.6 is 0 Å². The number of nitrogens with one attached hydrogen (secondary N) is 1. The summed E-state index contributed by atoms with van der Waals surface area (Å²) in [5.41, 5.74) is 3.73. The standard InChI is InChI=1S/C20H22N2O3/c1-3-19(23)21-13-14-4-5-15-10-11-22(18(15)12-14)20(24)16-6-8-17(25-2)9-7-16/h4-9,12H,3,10-11,13H2,1-2H3,(H,21,23). The number of amides is 2. The van der Waals surface area contributed by atoms with E-state index in [1.165, 1.54) is 0 Å². The molecule has 0 aliphatic carbocycles. The average Bonchev–Trinajstić information content (AvgIpc) is 3.08. The van der Waals surface area contributed by atoms with E-state index in [4.69, 9.17) is 4.74 Å². The van der Waals surface area contributed by atoms with Crippen LogP contribution in [0.4, 0.5) is 5.69 Å². The number of carbonyl (C=O) groups excluding carboxylic acids is 2. The Morgan fingerprint density at radius 1 is 1.16 bits per heavy atom. The summed E-state index contributed by atoms with van der Waals surface area (Å²) < 4.78 is 5.14. The molecule has 25 heavy (non-hydrogen) atoms. The monoisotopic (exact) mass is 338 g/mol. The van der Waals surface area contributed by atoms with E-state index in [-0.39, 0.29) is 11.8 Å². The van der Waals surface area contributed by atoms with Gasteiger partial charge in [-0.1, -0.05) is 19.1 Å². The summed E-state index contributed by atoms with van der Waals surface area (Å²) in [5.74, 6) is 0.732. The van der Waals surface area contributed by atoms with Gasteiger partial charge in [0.1, 0.15) is 5.75 Å². The second kappa shape index (κ2) is 7.38. The number of hydrogen-bond donors (Lipinski definition) is 1. The maximum Gasteiger partial charge on any atom is 0.258 e. The number of hydrogen-bond acceptors (Lipinski definition) is 3. The van der Waals surface area contributed by atoms with E-state index in [2.05, 4.69) is 5.32 Å². The van der Waals surface area contributed by atoms with Gasteiger partial charge in [-0.15, -0.1) is 0 Å². The number of rotatable bonds is 5. The van der Waals surface area contributed by atoms with Crippen LogP contribution in [0.15, 0.2) is 42.5 Å². The van der Waals surface area contributed by atoms with Crippen molar-refractivity contribution in [1.82, 2.24) is 5.32 Å². The summed E-state index contributed by atoms with van der Waals surface area (Å²) in [6.45, 7) is 2.97. The first-order valence-corrected chi connectivity index (χ1v) is 8.46. The third kappa shape index (κ3) is 3.65. The Labute approximate surface area is 147 Å². The van der Waals surface area contributed by atoms with E-state index < -0.39 is 0 Å². The molecule has 0 atom stereocenters. The summed E-state index contributed by atoms with van der Waals surface area (Å²) in [4.78, 5) is 26.1. The maximum atomic E-state index is 12.8.